The van der Waals surface area contributed by atoms with Crippen molar-refractivity contribution in [2.75, 3.05) is 12.0 Å². The number of aliphatic hydroxyl groups excluding tert-OH is 1. The molecule has 5 nitrogen and oxygen atoms in total. The molecule has 0 radical (unpaired) electrons. The number of amides is 1. The van der Waals surface area contributed by atoms with E-state index in [1.54, 1.807) is 24.3 Å². The van der Waals surface area contributed by atoms with Gasteiger partial charge in [-0.1, -0.05) is 56.6 Å². The van der Waals surface area contributed by atoms with E-state index in [9.17, 15) is 19.1 Å². The molecular formula is C29H27ClFNO4. The average molecular weight is 508 g/mol. The van der Waals surface area contributed by atoms with Crippen LogP contribution in [0.25, 0.3) is 5.76 Å². The van der Waals surface area contributed by atoms with E-state index in [1.807, 2.05) is 25.1 Å². The average Bonchev–Trinajstić information content (AvgIpc) is 3.10. The number of carbonyl (C=O) groups is 2. The van der Waals surface area contributed by atoms with Crippen LogP contribution in [0.5, 0.6) is 5.75 Å². The van der Waals surface area contributed by atoms with Crippen LogP contribution in [0.4, 0.5) is 10.1 Å². The summed E-state index contributed by atoms with van der Waals surface area (Å²) in [5.41, 5.74) is 2.68. The van der Waals surface area contributed by atoms with E-state index in [4.69, 9.17) is 16.3 Å². The first-order valence-corrected chi connectivity index (χ1v) is 11.8. The molecule has 0 aromatic heterocycles. The lowest BCUT2D eigenvalue weighted by molar-refractivity contribution is -0.132. The third kappa shape index (κ3) is 4.49. The van der Waals surface area contributed by atoms with Crippen molar-refractivity contribution in [3.63, 3.8) is 0 Å². The summed E-state index contributed by atoms with van der Waals surface area (Å²) in [5, 5.41) is 11.4. The fraction of sp³-hybridized carbons (Fsp3) is 0.241. The number of benzene rings is 3. The Bertz CT molecular complexity index is 1410. The van der Waals surface area contributed by atoms with Crippen LogP contribution in [-0.2, 0) is 15.0 Å². The molecule has 0 spiro atoms. The highest BCUT2D eigenvalue weighted by molar-refractivity contribution is 6.51. The van der Waals surface area contributed by atoms with Gasteiger partial charge < -0.3 is 9.84 Å². The van der Waals surface area contributed by atoms with E-state index >= 15 is 0 Å². The SMILES string of the molecule is COc1cccc(C2/C(=C(\O)c3cc(C(C)(C)C)ccc3C)C(=O)C(=O)N2c2ccc(F)c(Cl)c2)c1. The number of carbonyl (C=O) groups excluding carboxylic acids is 2. The van der Waals surface area contributed by atoms with Gasteiger partial charge in [0.2, 0.25) is 0 Å². The molecule has 1 amide bonds. The van der Waals surface area contributed by atoms with Crippen molar-refractivity contribution in [2.24, 2.45) is 0 Å². The molecule has 1 heterocycles. The van der Waals surface area contributed by atoms with Gasteiger partial charge in [0.25, 0.3) is 11.7 Å². The van der Waals surface area contributed by atoms with E-state index in [2.05, 4.69) is 20.8 Å². The number of hydrogen-bond acceptors (Lipinski definition) is 4. The molecule has 3 aromatic carbocycles. The molecule has 3 aromatic rings. The number of methoxy groups -OCH3 is 1. The molecule has 1 N–H and O–H groups in total. The number of rotatable bonds is 4. The third-order valence-corrected chi connectivity index (χ3v) is 6.68. The Labute approximate surface area is 214 Å². The van der Waals surface area contributed by atoms with E-state index < -0.39 is 23.5 Å². The van der Waals surface area contributed by atoms with E-state index in [0.717, 1.165) is 17.2 Å². The highest BCUT2D eigenvalue weighted by Crippen LogP contribution is 2.44. The van der Waals surface area contributed by atoms with Gasteiger partial charge in [-0.25, -0.2) is 4.39 Å². The van der Waals surface area contributed by atoms with Gasteiger partial charge in [-0.3, -0.25) is 14.5 Å². The summed E-state index contributed by atoms with van der Waals surface area (Å²) in [5.74, 6) is -2.11. The molecule has 1 atom stereocenters. The Morgan fingerprint density at radius 2 is 1.78 bits per heavy atom. The Hall–Kier alpha value is -3.64. The maximum Gasteiger partial charge on any atom is 0.300 e. The summed E-state index contributed by atoms with van der Waals surface area (Å²) in [6.45, 7) is 7.98. The van der Waals surface area contributed by atoms with Crippen molar-refractivity contribution in [2.45, 2.75) is 39.2 Å². The van der Waals surface area contributed by atoms with Gasteiger partial charge in [0.1, 0.15) is 17.3 Å². The van der Waals surface area contributed by atoms with Crippen LogP contribution in [-0.4, -0.2) is 23.9 Å². The van der Waals surface area contributed by atoms with Gasteiger partial charge in [0, 0.05) is 11.3 Å². The van der Waals surface area contributed by atoms with Crippen LogP contribution < -0.4 is 9.64 Å². The monoisotopic (exact) mass is 507 g/mol. The highest BCUT2D eigenvalue weighted by atomic mass is 35.5. The molecule has 0 bridgehead atoms. The molecule has 0 aliphatic carbocycles. The lowest BCUT2D eigenvalue weighted by atomic mass is 9.84. The van der Waals surface area contributed by atoms with Crippen molar-refractivity contribution in [1.82, 2.24) is 0 Å². The van der Waals surface area contributed by atoms with Gasteiger partial charge in [-0.15, -0.1) is 0 Å². The second-order valence-electron chi connectivity index (χ2n) is 9.82. The predicted molar refractivity (Wildman–Crippen MR) is 139 cm³/mol. The summed E-state index contributed by atoms with van der Waals surface area (Å²) in [6.07, 6.45) is 0. The predicted octanol–water partition coefficient (Wildman–Crippen LogP) is 6.72. The van der Waals surface area contributed by atoms with Crippen molar-refractivity contribution in [3.05, 3.63) is 99.3 Å². The van der Waals surface area contributed by atoms with Crippen LogP contribution in [0.1, 0.15) is 49.1 Å². The van der Waals surface area contributed by atoms with E-state index in [1.165, 1.54) is 24.1 Å². The number of Topliss-reactive ketones (excluding diaryl/α,β-unsaturated/α-hetero) is 1. The van der Waals surface area contributed by atoms with Crippen LogP contribution in [0, 0.1) is 12.7 Å². The summed E-state index contributed by atoms with van der Waals surface area (Å²) in [7, 11) is 1.51. The Morgan fingerprint density at radius 3 is 2.42 bits per heavy atom. The molecule has 1 unspecified atom stereocenters. The molecule has 36 heavy (non-hydrogen) atoms. The highest BCUT2D eigenvalue weighted by Gasteiger charge is 2.47. The summed E-state index contributed by atoms with van der Waals surface area (Å²) in [6, 6.07) is 15.4. The number of nitrogens with zero attached hydrogens (tertiary/aromatic N) is 1. The quantitative estimate of drug-likeness (QED) is 0.242. The Balaban J connectivity index is 2.00. The van der Waals surface area contributed by atoms with Crippen LogP contribution in [0.15, 0.2) is 66.2 Å². The van der Waals surface area contributed by atoms with Crippen LogP contribution in [0.2, 0.25) is 5.02 Å². The van der Waals surface area contributed by atoms with E-state index in [0.29, 0.717) is 16.9 Å². The number of halogens is 2. The molecule has 1 aliphatic rings. The molecule has 1 fully saturated rings. The fourth-order valence-corrected chi connectivity index (χ4v) is 4.52. The topological polar surface area (TPSA) is 66.8 Å². The molecule has 4 rings (SSSR count). The second-order valence-corrected chi connectivity index (χ2v) is 10.2. The van der Waals surface area contributed by atoms with Crippen LogP contribution in [0.3, 0.4) is 0 Å². The van der Waals surface area contributed by atoms with Crippen LogP contribution >= 0.6 is 11.6 Å². The second kappa shape index (κ2) is 9.43. The van der Waals surface area contributed by atoms with Crippen molar-refractivity contribution in [1.29, 1.82) is 0 Å². The third-order valence-electron chi connectivity index (χ3n) is 6.39. The van der Waals surface area contributed by atoms with Gasteiger partial charge in [-0.05, 0) is 65.4 Å². The maximum absolute atomic E-state index is 13.9. The lowest BCUT2D eigenvalue weighted by Gasteiger charge is -2.26. The number of aliphatic hydroxyl groups is 1. The summed E-state index contributed by atoms with van der Waals surface area (Å²) < 4.78 is 19.3. The number of ether oxygens (including phenoxy) is 1. The summed E-state index contributed by atoms with van der Waals surface area (Å²) in [4.78, 5) is 28.0. The minimum atomic E-state index is -0.987. The molecule has 1 aliphatic heterocycles. The van der Waals surface area contributed by atoms with E-state index in [-0.39, 0.29) is 27.5 Å². The molecule has 0 saturated carbocycles. The fourth-order valence-electron chi connectivity index (χ4n) is 4.35. The number of aryl methyl sites for hydroxylation is 1. The first-order chi connectivity index (χ1) is 16.9. The summed E-state index contributed by atoms with van der Waals surface area (Å²) >= 11 is 6.01. The van der Waals surface area contributed by atoms with Gasteiger partial charge >= 0.3 is 0 Å². The standard InChI is InChI=1S/C29H27ClFNO4/c1-16-9-10-18(29(2,3)4)14-21(16)26(33)24-25(17-7-6-8-20(13-17)36-5)32(28(35)27(24)34)19-11-12-23(31)22(30)15-19/h6-15,25,33H,1-5H3/b26-24+. The largest absolute Gasteiger partial charge is 0.507 e. The van der Waals surface area contributed by atoms with Crippen molar-refractivity contribution in [3.8, 4) is 5.75 Å². The molecule has 1 saturated heterocycles. The zero-order chi connectivity index (χ0) is 26.4. The zero-order valence-electron chi connectivity index (χ0n) is 20.7. The minimum absolute atomic E-state index is 0.0668. The minimum Gasteiger partial charge on any atom is -0.507 e. The van der Waals surface area contributed by atoms with Crippen molar-refractivity contribution < 1.29 is 23.8 Å². The Morgan fingerprint density at radius 1 is 1.06 bits per heavy atom. The smallest absolute Gasteiger partial charge is 0.300 e. The molecular weight excluding hydrogens is 481 g/mol. The number of anilines is 1. The number of hydrogen-bond donors (Lipinski definition) is 1. The Kier molecular flexibility index (Phi) is 6.67. The van der Waals surface area contributed by atoms with Gasteiger partial charge in [-0.2, -0.15) is 0 Å². The molecule has 186 valence electrons. The van der Waals surface area contributed by atoms with Gasteiger partial charge in [0.15, 0.2) is 0 Å². The number of ketones is 1. The lowest BCUT2D eigenvalue weighted by Crippen LogP contribution is -2.29. The van der Waals surface area contributed by atoms with Crippen molar-refractivity contribution >= 4 is 34.7 Å². The normalized spacial score (nSPS) is 17.5. The molecule has 7 heteroatoms. The first-order valence-electron chi connectivity index (χ1n) is 11.5. The first kappa shape index (κ1) is 25.5. The zero-order valence-corrected chi connectivity index (χ0v) is 21.5. The maximum atomic E-state index is 13.9. The van der Waals surface area contributed by atoms with Gasteiger partial charge in [0.05, 0.1) is 23.7 Å².